The summed E-state index contributed by atoms with van der Waals surface area (Å²) in [5.41, 5.74) is -0.717. The zero-order valence-corrected chi connectivity index (χ0v) is 9.71. The Morgan fingerprint density at radius 2 is 1.84 bits per heavy atom. The number of carbonyl (C=O) groups is 3. The molecule has 0 fully saturated rings. The Kier molecular flexibility index (Phi) is 4.25. The molecule has 100 valence electrons. The molecule has 0 aliphatic carbocycles. The van der Waals surface area contributed by atoms with Gasteiger partial charge in [-0.15, -0.1) is 0 Å². The van der Waals surface area contributed by atoms with E-state index in [1.54, 1.807) is 0 Å². The summed E-state index contributed by atoms with van der Waals surface area (Å²) in [4.78, 5) is 32.7. The first-order valence-electron chi connectivity index (χ1n) is 5.09. The van der Waals surface area contributed by atoms with E-state index in [2.05, 4.69) is 11.9 Å². The van der Waals surface area contributed by atoms with Crippen LogP contribution in [0.4, 0.5) is 5.69 Å². The Labute approximate surface area is 107 Å². The first kappa shape index (κ1) is 14.2. The average Bonchev–Trinajstić information content (AvgIpc) is 2.30. The predicted octanol–water partition coefficient (Wildman–Crippen LogP) is 1.06. The Balaban J connectivity index is 2.92. The van der Waals surface area contributed by atoms with Gasteiger partial charge in [0.2, 0.25) is 0 Å². The molecule has 0 saturated carbocycles. The maximum absolute atomic E-state index is 11.5. The molecule has 4 N–H and O–H groups in total. The highest BCUT2D eigenvalue weighted by atomic mass is 16.4. The number of carboxylic acid groups (broad SMARTS) is 2. The highest BCUT2D eigenvalue weighted by molar-refractivity contribution is 6.07. The maximum Gasteiger partial charge on any atom is 0.339 e. The number of amides is 1. The third-order valence-corrected chi connectivity index (χ3v) is 2.20. The minimum Gasteiger partial charge on any atom is -0.505 e. The molecule has 0 aromatic heterocycles. The van der Waals surface area contributed by atoms with Gasteiger partial charge in [-0.3, -0.25) is 9.59 Å². The number of carbonyl (C=O) groups excluding carboxylic acids is 1. The van der Waals surface area contributed by atoms with Crippen molar-refractivity contribution in [1.82, 2.24) is 0 Å². The lowest BCUT2D eigenvalue weighted by Crippen LogP contribution is -2.16. The van der Waals surface area contributed by atoms with Crippen LogP contribution in [0.15, 0.2) is 30.4 Å². The van der Waals surface area contributed by atoms with E-state index >= 15 is 0 Å². The summed E-state index contributed by atoms with van der Waals surface area (Å²) < 4.78 is 0. The topological polar surface area (TPSA) is 124 Å². The van der Waals surface area contributed by atoms with Crippen LogP contribution in [0, 0.1) is 0 Å². The van der Waals surface area contributed by atoms with Gasteiger partial charge in [0, 0.05) is 5.57 Å². The normalized spacial score (nSPS) is 9.68. The average molecular weight is 265 g/mol. The van der Waals surface area contributed by atoms with Crippen molar-refractivity contribution >= 4 is 23.5 Å². The number of nitrogens with one attached hydrogen (secondary N) is 1. The monoisotopic (exact) mass is 265 g/mol. The molecule has 0 aliphatic heterocycles. The molecule has 1 aromatic rings. The predicted molar refractivity (Wildman–Crippen MR) is 65.1 cm³/mol. The molecule has 0 atom stereocenters. The van der Waals surface area contributed by atoms with Crippen molar-refractivity contribution in [2.45, 2.75) is 6.42 Å². The summed E-state index contributed by atoms with van der Waals surface area (Å²) in [6.45, 7) is 3.29. The standard InChI is InChI=1S/C12H11NO6/c1-6(5-9(14)15)11(17)13-8-4-2-3-7(10(8)16)12(18)19/h2-4,16H,1,5H2,(H,13,17)(H,14,15)(H,18,19). The number of hydrogen-bond acceptors (Lipinski definition) is 4. The van der Waals surface area contributed by atoms with Crippen LogP contribution in [-0.4, -0.2) is 33.2 Å². The van der Waals surface area contributed by atoms with Gasteiger partial charge in [0.05, 0.1) is 12.1 Å². The Hall–Kier alpha value is -2.83. The summed E-state index contributed by atoms with van der Waals surface area (Å²) in [5.74, 6) is -3.98. The second-order valence-electron chi connectivity index (χ2n) is 3.64. The van der Waals surface area contributed by atoms with Gasteiger partial charge >= 0.3 is 11.9 Å². The van der Waals surface area contributed by atoms with E-state index in [-0.39, 0.29) is 16.8 Å². The van der Waals surface area contributed by atoms with Gasteiger partial charge < -0.3 is 20.6 Å². The van der Waals surface area contributed by atoms with Crippen molar-refractivity contribution in [3.05, 3.63) is 35.9 Å². The van der Waals surface area contributed by atoms with Crippen molar-refractivity contribution < 1.29 is 29.7 Å². The Morgan fingerprint density at radius 1 is 1.21 bits per heavy atom. The van der Waals surface area contributed by atoms with Crippen LogP contribution < -0.4 is 5.32 Å². The number of benzene rings is 1. The fraction of sp³-hybridized carbons (Fsp3) is 0.0833. The van der Waals surface area contributed by atoms with Crippen LogP contribution in [0.3, 0.4) is 0 Å². The molecule has 0 bridgehead atoms. The van der Waals surface area contributed by atoms with E-state index in [9.17, 15) is 19.5 Å². The molecule has 0 heterocycles. The largest absolute Gasteiger partial charge is 0.505 e. The van der Waals surface area contributed by atoms with Gasteiger partial charge in [-0.25, -0.2) is 4.79 Å². The quantitative estimate of drug-likeness (QED) is 0.466. The maximum atomic E-state index is 11.5. The second kappa shape index (κ2) is 5.67. The van der Waals surface area contributed by atoms with E-state index in [1.165, 1.54) is 18.2 Å². The molecule has 0 unspecified atom stereocenters. The highest BCUT2D eigenvalue weighted by Gasteiger charge is 2.16. The van der Waals surface area contributed by atoms with Crippen molar-refractivity contribution in [1.29, 1.82) is 0 Å². The van der Waals surface area contributed by atoms with Crippen molar-refractivity contribution in [2.24, 2.45) is 0 Å². The third-order valence-electron chi connectivity index (χ3n) is 2.20. The van der Waals surface area contributed by atoms with Gasteiger partial charge in [-0.05, 0) is 12.1 Å². The summed E-state index contributed by atoms with van der Waals surface area (Å²) >= 11 is 0. The third kappa shape index (κ3) is 3.56. The number of aromatic carboxylic acids is 1. The smallest absolute Gasteiger partial charge is 0.339 e. The summed E-state index contributed by atoms with van der Waals surface area (Å²) in [5, 5.41) is 29.1. The fourth-order valence-corrected chi connectivity index (χ4v) is 1.29. The second-order valence-corrected chi connectivity index (χ2v) is 3.64. The first-order chi connectivity index (χ1) is 8.82. The molecular formula is C12H11NO6. The Bertz CT molecular complexity index is 563. The summed E-state index contributed by atoms with van der Waals surface area (Å²) in [7, 11) is 0. The molecule has 1 aromatic carbocycles. The number of anilines is 1. The summed E-state index contributed by atoms with van der Waals surface area (Å²) in [6, 6.07) is 3.78. The number of aliphatic carboxylic acids is 1. The van der Waals surface area contributed by atoms with Gasteiger partial charge in [-0.2, -0.15) is 0 Å². The van der Waals surface area contributed by atoms with Gasteiger partial charge in [0.1, 0.15) is 5.56 Å². The number of carboxylic acids is 2. The van der Waals surface area contributed by atoms with Gasteiger partial charge in [0.25, 0.3) is 5.91 Å². The molecule has 0 radical (unpaired) electrons. The minimum atomic E-state index is -1.35. The Morgan fingerprint density at radius 3 is 2.37 bits per heavy atom. The number of para-hydroxylation sites is 1. The van der Waals surface area contributed by atoms with E-state index in [0.717, 1.165) is 0 Å². The number of aromatic hydroxyl groups is 1. The molecular weight excluding hydrogens is 254 g/mol. The highest BCUT2D eigenvalue weighted by Crippen LogP contribution is 2.27. The molecule has 0 saturated heterocycles. The lowest BCUT2D eigenvalue weighted by molar-refractivity contribution is -0.136. The van der Waals surface area contributed by atoms with E-state index in [1.807, 2.05) is 0 Å². The lowest BCUT2D eigenvalue weighted by Gasteiger charge is -2.09. The number of hydrogen-bond donors (Lipinski definition) is 4. The molecule has 0 aliphatic rings. The lowest BCUT2D eigenvalue weighted by atomic mass is 10.1. The molecule has 1 rings (SSSR count). The molecule has 0 spiro atoms. The fourth-order valence-electron chi connectivity index (χ4n) is 1.29. The van der Waals surface area contributed by atoms with Crippen LogP contribution in [-0.2, 0) is 9.59 Å². The minimum absolute atomic E-state index is 0.128. The van der Waals surface area contributed by atoms with Crippen molar-refractivity contribution in [3.8, 4) is 5.75 Å². The van der Waals surface area contributed by atoms with Crippen LogP contribution in [0.1, 0.15) is 16.8 Å². The van der Waals surface area contributed by atoms with Crippen LogP contribution in [0.25, 0.3) is 0 Å². The number of rotatable bonds is 5. The molecule has 19 heavy (non-hydrogen) atoms. The van der Waals surface area contributed by atoms with Gasteiger partial charge in [-0.1, -0.05) is 12.6 Å². The zero-order valence-electron chi connectivity index (χ0n) is 9.71. The summed E-state index contributed by atoms with van der Waals surface area (Å²) in [6.07, 6.45) is -0.550. The van der Waals surface area contributed by atoms with Crippen molar-refractivity contribution in [2.75, 3.05) is 5.32 Å². The van der Waals surface area contributed by atoms with E-state index < -0.39 is 30.0 Å². The first-order valence-corrected chi connectivity index (χ1v) is 5.09. The van der Waals surface area contributed by atoms with Crippen LogP contribution >= 0.6 is 0 Å². The van der Waals surface area contributed by atoms with Crippen LogP contribution in [0.5, 0.6) is 5.75 Å². The van der Waals surface area contributed by atoms with E-state index in [4.69, 9.17) is 10.2 Å². The molecule has 7 nitrogen and oxygen atoms in total. The zero-order chi connectivity index (χ0) is 14.6. The number of phenols is 1. The van der Waals surface area contributed by atoms with Crippen molar-refractivity contribution in [3.63, 3.8) is 0 Å². The van der Waals surface area contributed by atoms with Crippen LogP contribution in [0.2, 0.25) is 0 Å². The van der Waals surface area contributed by atoms with E-state index in [0.29, 0.717) is 0 Å². The van der Waals surface area contributed by atoms with Gasteiger partial charge in [0.15, 0.2) is 5.75 Å². The molecule has 1 amide bonds. The SMILES string of the molecule is C=C(CC(=O)O)C(=O)Nc1cccc(C(=O)O)c1O. The molecule has 7 heteroatoms.